The molecule has 0 bridgehead atoms. The van der Waals surface area contributed by atoms with E-state index in [9.17, 15) is 9.90 Å². The van der Waals surface area contributed by atoms with Crippen molar-refractivity contribution in [3.05, 3.63) is 35.4 Å². The molecule has 1 saturated heterocycles. The van der Waals surface area contributed by atoms with Crippen LogP contribution in [0.25, 0.3) is 0 Å². The Morgan fingerprint density at radius 3 is 2.83 bits per heavy atom. The minimum atomic E-state index is -0.491. The Morgan fingerprint density at radius 1 is 1.30 bits per heavy atom. The Morgan fingerprint density at radius 2 is 2.04 bits per heavy atom. The molecule has 5 heteroatoms. The molecular weight excluding hydrogens is 290 g/mol. The highest BCUT2D eigenvalue weighted by atomic mass is 16.3. The Balaban J connectivity index is 1.48. The number of nitrogens with zero attached hydrogens (tertiary/aromatic N) is 1. The number of aliphatic hydroxyl groups is 1. The molecule has 2 heterocycles. The van der Waals surface area contributed by atoms with Crippen molar-refractivity contribution in [1.29, 1.82) is 0 Å². The highest BCUT2D eigenvalue weighted by Crippen LogP contribution is 2.15. The topological polar surface area (TPSA) is 64.6 Å². The Bertz CT molecular complexity index is 529. The maximum absolute atomic E-state index is 12.4. The second-order valence-corrected chi connectivity index (χ2v) is 6.64. The predicted octanol–water partition coefficient (Wildman–Crippen LogP) is 0.316. The summed E-state index contributed by atoms with van der Waals surface area (Å²) in [5.74, 6) is -0.0119. The monoisotopic (exact) mass is 317 g/mol. The molecule has 0 spiro atoms. The average Bonchev–Trinajstić information content (AvgIpc) is 2.96. The Labute approximate surface area is 138 Å². The molecule has 3 rings (SSSR count). The maximum atomic E-state index is 12.4. The number of hydrogen-bond donors (Lipinski definition) is 3. The molecule has 5 nitrogen and oxygen atoms in total. The molecule has 2 aliphatic heterocycles. The summed E-state index contributed by atoms with van der Waals surface area (Å²) < 4.78 is 0. The first kappa shape index (κ1) is 16.4. The third kappa shape index (κ3) is 4.53. The van der Waals surface area contributed by atoms with Gasteiger partial charge in [0, 0.05) is 13.1 Å². The van der Waals surface area contributed by atoms with Crippen LogP contribution in [0.2, 0.25) is 0 Å². The van der Waals surface area contributed by atoms with Gasteiger partial charge in [0.15, 0.2) is 0 Å². The smallest absolute Gasteiger partial charge is 0.237 e. The third-order valence-electron chi connectivity index (χ3n) is 4.82. The first-order chi connectivity index (χ1) is 11.2. The molecule has 126 valence electrons. The van der Waals surface area contributed by atoms with Crippen LogP contribution in [0, 0.1) is 0 Å². The number of carbonyl (C=O) groups is 1. The van der Waals surface area contributed by atoms with E-state index in [-0.39, 0.29) is 11.9 Å². The van der Waals surface area contributed by atoms with E-state index >= 15 is 0 Å². The molecular formula is C18H27N3O2. The molecule has 1 amide bonds. The third-order valence-corrected chi connectivity index (χ3v) is 4.82. The standard InChI is InChI=1S/C18H27N3O2/c22-16(13-21-9-3-4-10-21)12-20-18(23)17-11-15-6-2-1-5-14(15)7-8-19-17/h1-2,5-6,16-17,19,22H,3-4,7-13H2,(H,20,23)/t16-,17?/m1/s1. The summed E-state index contributed by atoms with van der Waals surface area (Å²) in [5.41, 5.74) is 2.57. The first-order valence-corrected chi connectivity index (χ1v) is 8.70. The van der Waals surface area contributed by atoms with Gasteiger partial charge < -0.3 is 20.6 Å². The summed E-state index contributed by atoms with van der Waals surface area (Å²) in [4.78, 5) is 14.7. The molecule has 1 fully saturated rings. The number of fused-ring (bicyclic) bond motifs is 1. The van der Waals surface area contributed by atoms with E-state index in [1.807, 2.05) is 12.1 Å². The molecule has 0 aliphatic carbocycles. The molecule has 1 aromatic rings. The van der Waals surface area contributed by atoms with Gasteiger partial charge in [-0.2, -0.15) is 0 Å². The van der Waals surface area contributed by atoms with E-state index in [4.69, 9.17) is 0 Å². The number of nitrogens with one attached hydrogen (secondary N) is 2. The first-order valence-electron chi connectivity index (χ1n) is 8.70. The predicted molar refractivity (Wildman–Crippen MR) is 90.3 cm³/mol. The summed E-state index contributed by atoms with van der Waals surface area (Å²) >= 11 is 0. The summed E-state index contributed by atoms with van der Waals surface area (Å²) in [6.45, 7) is 3.92. The van der Waals surface area contributed by atoms with Gasteiger partial charge in [-0.1, -0.05) is 24.3 Å². The fourth-order valence-electron chi connectivity index (χ4n) is 3.53. The number of likely N-dealkylation sites (tertiary alicyclic amines) is 1. The quantitative estimate of drug-likeness (QED) is 0.732. The highest BCUT2D eigenvalue weighted by molar-refractivity contribution is 5.82. The summed E-state index contributed by atoms with van der Waals surface area (Å²) in [6.07, 6.45) is 3.60. The zero-order valence-electron chi connectivity index (χ0n) is 13.6. The van der Waals surface area contributed by atoms with Crippen LogP contribution >= 0.6 is 0 Å². The van der Waals surface area contributed by atoms with Gasteiger partial charge in [0.05, 0.1) is 12.1 Å². The lowest BCUT2D eigenvalue weighted by Crippen LogP contribution is -2.48. The van der Waals surface area contributed by atoms with Crippen molar-refractivity contribution in [3.63, 3.8) is 0 Å². The highest BCUT2D eigenvalue weighted by Gasteiger charge is 2.23. The molecule has 1 unspecified atom stereocenters. The van der Waals surface area contributed by atoms with E-state index in [0.717, 1.165) is 26.1 Å². The van der Waals surface area contributed by atoms with Crippen LogP contribution in [-0.2, 0) is 17.6 Å². The van der Waals surface area contributed by atoms with Crippen LogP contribution in [0.4, 0.5) is 0 Å². The second-order valence-electron chi connectivity index (χ2n) is 6.64. The van der Waals surface area contributed by atoms with Crippen molar-refractivity contribution in [2.45, 2.75) is 37.8 Å². The second kappa shape index (κ2) is 7.90. The average molecular weight is 317 g/mol. The van der Waals surface area contributed by atoms with Gasteiger partial charge in [-0.3, -0.25) is 4.79 Å². The Hall–Kier alpha value is -1.43. The van der Waals surface area contributed by atoms with E-state index in [2.05, 4.69) is 27.7 Å². The SMILES string of the molecule is O=C(NC[C@@H](O)CN1CCCC1)C1Cc2ccccc2CCN1. The van der Waals surface area contributed by atoms with Gasteiger partial charge in [0.1, 0.15) is 0 Å². The molecule has 2 atom stereocenters. The van der Waals surface area contributed by atoms with Crippen molar-refractivity contribution < 1.29 is 9.90 Å². The van der Waals surface area contributed by atoms with Crippen molar-refractivity contribution in [1.82, 2.24) is 15.5 Å². The van der Waals surface area contributed by atoms with Gasteiger partial charge in [0.25, 0.3) is 0 Å². The van der Waals surface area contributed by atoms with E-state index in [1.165, 1.54) is 24.0 Å². The Kier molecular flexibility index (Phi) is 5.65. The fraction of sp³-hybridized carbons (Fsp3) is 0.611. The number of β-amino-alcohol motifs (C(OH)–C–C–N with tert-alkyl or cyclic N) is 1. The fourth-order valence-corrected chi connectivity index (χ4v) is 3.53. The summed E-state index contributed by atoms with van der Waals surface area (Å²) in [6, 6.07) is 8.10. The van der Waals surface area contributed by atoms with Crippen LogP contribution in [0.15, 0.2) is 24.3 Å². The summed E-state index contributed by atoms with van der Waals surface area (Å²) in [7, 11) is 0. The van der Waals surface area contributed by atoms with E-state index < -0.39 is 6.10 Å². The van der Waals surface area contributed by atoms with Gasteiger partial charge >= 0.3 is 0 Å². The van der Waals surface area contributed by atoms with E-state index in [1.54, 1.807) is 0 Å². The van der Waals surface area contributed by atoms with E-state index in [0.29, 0.717) is 19.5 Å². The summed E-state index contributed by atoms with van der Waals surface area (Å²) in [5, 5.41) is 16.3. The van der Waals surface area contributed by atoms with Crippen LogP contribution in [0.3, 0.4) is 0 Å². The minimum absolute atomic E-state index is 0.0119. The zero-order valence-corrected chi connectivity index (χ0v) is 13.6. The minimum Gasteiger partial charge on any atom is -0.390 e. The maximum Gasteiger partial charge on any atom is 0.237 e. The largest absolute Gasteiger partial charge is 0.390 e. The number of hydrogen-bond acceptors (Lipinski definition) is 4. The number of amides is 1. The van der Waals surface area contributed by atoms with Crippen molar-refractivity contribution in [3.8, 4) is 0 Å². The molecule has 0 saturated carbocycles. The number of carbonyl (C=O) groups excluding carboxylic acids is 1. The number of rotatable bonds is 5. The van der Waals surface area contributed by atoms with Crippen LogP contribution < -0.4 is 10.6 Å². The molecule has 3 N–H and O–H groups in total. The van der Waals surface area contributed by atoms with Crippen molar-refractivity contribution in [2.75, 3.05) is 32.7 Å². The lowest BCUT2D eigenvalue weighted by molar-refractivity contribution is -0.123. The number of benzene rings is 1. The van der Waals surface area contributed by atoms with Gasteiger partial charge in [-0.05, 0) is 56.4 Å². The van der Waals surface area contributed by atoms with Crippen molar-refractivity contribution in [2.24, 2.45) is 0 Å². The van der Waals surface area contributed by atoms with Gasteiger partial charge in [-0.15, -0.1) is 0 Å². The number of aliphatic hydroxyl groups excluding tert-OH is 1. The molecule has 0 aromatic heterocycles. The molecule has 1 aromatic carbocycles. The van der Waals surface area contributed by atoms with Crippen LogP contribution in [0.1, 0.15) is 24.0 Å². The van der Waals surface area contributed by atoms with Crippen molar-refractivity contribution >= 4 is 5.91 Å². The molecule has 2 aliphatic rings. The van der Waals surface area contributed by atoms with Crippen LogP contribution in [0.5, 0.6) is 0 Å². The van der Waals surface area contributed by atoms with Gasteiger partial charge in [0.2, 0.25) is 5.91 Å². The zero-order chi connectivity index (χ0) is 16.1. The lowest BCUT2D eigenvalue weighted by atomic mass is 10.0. The molecule has 0 radical (unpaired) electrons. The lowest BCUT2D eigenvalue weighted by Gasteiger charge is -2.21. The molecule has 23 heavy (non-hydrogen) atoms. The van der Waals surface area contributed by atoms with Gasteiger partial charge in [-0.25, -0.2) is 0 Å². The normalized spacial score (nSPS) is 23.1. The van der Waals surface area contributed by atoms with Crippen LogP contribution in [-0.4, -0.2) is 60.8 Å².